The molecule has 248 valence electrons. The Hall–Kier alpha value is -2.79. The van der Waals surface area contributed by atoms with E-state index in [0.717, 1.165) is 43.6 Å². The van der Waals surface area contributed by atoms with Crippen molar-refractivity contribution in [2.75, 3.05) is 26.2 Å². The molecule has 1 saturated carbocycles. The largest absolute Gasteiger partial charge is 0.341 e. The number of benzene rings is 2. The van der Waals surface area contributed by atoms with Gasteiger partial charge in [-0.25, -0.2) is 13.4 Å². The van der Waals surface area contributed by atoms with Gasteiger partial charge in [-0.05, 0) is 93.0 Å². The van der Waals surface area contributed by atoms with E-state index in [1.807, 2.05) is 54.3 Å². The van der Waals surface area contributed by atoms with Crippen LogP contribution < -0.4 is 5.32 Å². The van der Waals surface area contributed by atoms with Crippen molar-refractivity contribution in [3.8, 4) is 0 Å². The predicted octanol–water partition coefficient (Wildman–Crippen LogP) is 5.48. The number of halogens is 1. The van der Waals surface area contributed by atoms with Gasteiger partial charge in [0.25, 0.3) is 0 Å². The van der Waals surface area contributed by atoms with Gasteiger partial charge in [0.05, 0.1) is 10.9 Å². The smallest absolute Gasteiger partial charge is 0.243 e. The van der Waals surface area contributed by atoms with Crippen LogP contribution in [0, 0.1) is 18.3 Å². The predicted molar refractivity (Wildman–Crippen MR) is 180 cm³/mol. The molecular weight excluding hydrogens is 620 g/mol. The molecule has 1 aliphatic carbocycles. The third kappa shape index (κ3) is 7.67. The lowest BCUT2D eigenvalue weighted by molar-refractivity contribution is -0.137. The van der Waals surface area contributed by atoms with Crippen molar-refractivity contribution in [1.82, 2.24) is 29.3 Å². The number of nitrogens with zero attached hydrogens (tertiary/aromatic N) is 5. The highest BCUT2D eigenvalue weighted by atomic mass is 35.5. The van der Waals surface area contributed by atoms with E-state index in [9.17, 15) is 13.2 Å². The molecule has 3 fully saturated rings. The molecule has 1 amide bonds. The Kier molecular flexibility index (Phi) is 10.5. The van der Waals surface area contributed by atoms with Gasteiger partial charge in [0.15, 0.2) is 0 Å². The minimum atomic E-state index is -3.55. The summed E-state index contributed by atoms with van der Waals surface area (Å²) < 4.78 is 30.2. The first-order chi connectivity index (χ1) is 22.2. The minimum absolute atomic E-state index is 0.0455. The molecule has 0 spiro atoms. The summed E-state index contributed by atoms with van der Waals surface area (Å²) in [6.07, 6.45) is 13.6. The lowest BCUT2D eigenvalue weighted by Crippen LogP contribution is -2.56. The lowest BCUT2D eigenvalue weighted by atomic mass is 9.63. The SMILES string of the molecule is Cc1ccc(S(=O)(=O)N2CCC(N[C@H](Cc3ccc(Cl)cc3)C(=O)N3CCC(Cn4cncn4)(C4CCCCC4)CC3)CC2)cc1. The fourth-order valence-corrected chi connectivity index (χ4v) is 9.52. The summed E-state index contributed by atoms with van der Waals surface area (Å²) >= 11 is 6.18. The van der Waals surface area contributed by atoms with Gasteiger partial charge in [0.2, 0.25) is 15.9 Å². The standard InChI is InChI=1S/C35H47ClN6O3S/c1-27-7-13-32(14-8-27)46(44,45)42-19-15-31(16-20-42)39-33(23-28-9-11-30(36)12-10-28)34(43)40-21-17-35(18-22-40,24-41-26-37-25-38-41)29-5-3-2-4-6-29/h7-14,25-26,29,31,33,39H,2-6,15-24H2,1H3/t33-/m1/s1. The van der Waals surface area contributed by atoms with Gasteiger partial charge in [0.1, 0.15) is 12.7 Å². The maximum atomic E-state index is 14.3. The Labute approximate surface area is 278 Å². The number of nitrogens with one attached hydrogen (secondary N) is 1. The van der Waals surface area contributed by atoms with Crippen LogP contribution in [0.15, 0.2) is 66.1 Å². The normalized spacial score (nSPS) is 20.9. The van der Waals surface area contributed by atoms with Crippen molar-refractivity contribution in [2.24, 2.45) is 11.3 Å². The van der Waals surface area contributed by atoms with Crippen LogP contribution in [0.2, 0.25) is 5.02 Å². The molecule has 9 nitrogen and oxygen atoms in total. The molecule has 3 heterocycles. The Morgan fingerprint density at radius 2 is 1.63 bits per heavy atom. The zero-order chi connectivity index (χ0) is 32.1. The summed E-state index contributed by atoms with van der Waals surface area (Å²) in [6.45, 7) is 5.12. The summed E-state index contributed by atoms with van der Waals surface area (Å²) in [4.78, 5) is 20.9. The molecule has 3 aromatic rings. The van der Waals surface area contributed by atoms with Crippen molar-refractivity contribution >= 4 is 27.5 Å². The zero-order valence-corrected chi connectivity index (χ0v) is 28.4. The van der Waals surface area contributed by atoms with Crippen LogP contribution in [-0.2, 0) is 27.8 Å². The number of hydrogen-bond acceptors (Lipinski definition) is 6. The summed E-state index contributed by atoms with van der Waals surface area (Å²) in [7, 11) is -3.55. The molecule has 46 heavy (non-hydrogen) atoms. The lowest BCUT2D eigenvalue weighted by Gasteiger charge is -2.48. The average molecular weight is 667 g/mol. The van der Waals surface area contributed by atoms with E-state index >= 15 is 0 Å². The third-order valence-corrected chi connectivity index (χ3v) is 12.9. The van der Waals surface area contributed by atoms with Gasteiger partial charge >= 0.3 is 0 Å². The van der Waals surface area contributed by atoms with E-state index < -0.39 is 16.1 Å². The van der Waals surface area contributed by atoms with E-state index in [-0.39, 0.29) is 17.4 Å². The van der Waals surface area contributed by atoms with Crippen LogP contribution in [0.5, 0.6) is 0 Å². The van der Waals surface area contributed by atoms with Crippen LogP contribution in [0.1, 0.15) is 68.9 Å². The van der Waals surface area contributed by atoms with Crippen molar-refractivity contribution < 1.29 is 13.2 Å². The van der Waals surface area contributed by atoms with Crippen molar-refractivity contribution in [3.05, 3.63) is 77.3 Å². The number of rotatable bonds is 10. The zero-order valence-electron chi connectivity index (χ0n) is 26.9. The second kappa shape index (κ2) is 14.5. The van der Waals surface area contributed by atoms with Crippen LogP contribution in [0.3, 0.4) is 0 Å². The van der Waals surface area contributed by atoms with Crippen LogP contribution in [0.4, 0.5) is 0 Å². The second-order valence-corrected chi connectivity index (χ2v) is 16.0. The molecule has 2 aromatic carbocycles. The number of hydrogen-bond donors (Lipinski definition) is 1. The summed E-state index contributed by atoms with van der Waals surface area (Å²) in [5.74, 6) is 0.773. The van der Waals surface area contributed by atoms with Crippen molar-refractivity contribution in [1.29, 1.82) is 0 Å². The number of carbonyl (C=O) groups excluding carboxylic acids is 1. The highest BCUT2D eigenvalue weighted by Gasteiger charge is 2.44. The average Bonchev–Trinajstić information content (AvgIpc) is 3.59. The Balaban J connectivity index is 1.13. The highest BCUT2D eigenvalue weighted by molar-refractivity contribution is 7.89. The highest BCUT2D eigenvalue weighted by Crippen LogP contribution is 2.47. The molecule has 0 radical (unpaired) electrons. The van der Waals surface area contributed by atoms with Gasteiger partial charge in [-0.2, -0.15) is 9.40 Å². The summed E-state index contributed by atoms with van der Waals surface area (Å²) in [6, 6.07) is 14.4. The minimum Gasteiger partial charge on any atom is -0.341 e. The van der Waals surface area contributed by atoms with Crippen molar-refractivity contribution in [3.63, 3.8) is 0 Å². The van der Waals surface area contributed by atoms with Gasteiger partial charge in [-0.1, -0.05) is 60.7 Å². The number of aromatic nitrogens is 3. The first-order valence-corrected chi connectivity index (χ1v) is 18.7. The summed E-state index contributed by atoms with van der Waals surface area (Å²) in [5, 5.41) is 8.81. The van der Waals surface area contributed by atoms with E-state index in [2.05, 4.69) is 20.3 Å². The van der Waals surface area contributed by atoms with E-state index in [4.69, 9.17) is 11.6 Å². The number of aryl methyl sites for hydroxylation is 1. The van der Waals surface area contributed by atoms with Gasteiger partial charge < -0.3 is 10.2 Å². The first-order valence-electron chi connectivity index (χ1n) is 16.9. The molecule has 1 atom stereocenters. The number of piperidine rings is 2. The van der Waals surface area contributed by atoms with Crippen LogP contribution in [-0.4, -0.2) is 76.6 Å². The van der Waals surface area contributed by atoms with E-state index in [1.165, 1.54) is 32.1 Å². The maximum absolute atomic E-state index is 14.3. The fraction of sp³-hybridized carbons (Fsp3) is 0.571. The van der Waals surface area contributed by atoms with Crippen LogP contribution >= 0.6 is 11.6 Å². The Bertz CT molecular complexity index is 1530. The third-order valence-electron chi connectivity index (χ3n) is 10.7. The molecular formula is C35H47ClN6O3S. The fourth-order valence-electron chi connectivity index (χ4n) is 7.92. The number of carbonyl (C=O) groups is 1. The van der Waals surface area contributed by atoms with E-state index in [1.54, 1.807) is 22.8 Å². The van der Waals surface area contributed by atoms with Gasteiger partial charge in [0, 0.05) is 43.8 Å². The van der Waals surface area contributed by atoms with Gasteiger partial charge in [-0.15, -0.1) is 0 Å². The van der Waals surface area contributed by atoms with E-state index in [0.29, 0.717) is 48.2 Å². The molecule has 11 heteroatoms. The molecule has 0 bridgehead atoms. The second-order valence-electron chi connectivity index (χ2n) is 13.7. The molecule has 1 aromatic heterocycles. The van der Waals surface area contributed by atoms with Crippen LogP contribution in [0.25, 0.3) is 0 Å². The molecule has 1 N–H and O–H groups in total. The number of amides is 1. The molecule has 2 saturated heterocycles. The maximum Gasteiger partial charge on any atom is 0.243 e. The number of likely N-dealkylation sites (tertiary alicyclic amines) is 1. The van der Waals surface area contributed by atoms with Gasteiger partial charge in [-0.3, -0.25) is 9.48 Å². The molecule has 0 unspecified atom stereocenters. The quantitative estimate of drug-likeness (QED) is 0.308. The Morgan fingerprint density at radius 3 is 2.26 bits per heavy atom. The molecule has 3 aliphatic rings. The molecule has 6 rings (SSSR count). The van der Waals surface area contributed by atoms with Crippen molar-refractivity contribution in [2.45, 2.75) is 94.7 Å². The number of sulfonamides is 1. The Morgan fingerprint density at radius 1 is 0.957 bits per heavy atom. The summed E-state index contributed by atoms with van der Waals surface area (Å²) in [5.41, 5.74) is 2.20. The molecule has 2 aliphatic heterocycles. The topological polar surface area (TPSA) is 100 Å². The first kappa shape index (κ1) is 33.1. The monoisotopic (exact) mass is 666 g/mol.